The number of aliphatic hydroxyl groups is 1. The number of ether oxygens (including phenoxy) is 1. The van der Waals surface area contributed by atoms with Gasteiger partial charge in [-0.1, -0.05) is 17.7 Å². The average Bonchev–Trinajstić information content (AvgIpc) is 2.32. The summed E-state index contributed by atoms with van der Waals surface area (Å²) in [5.74, 6) is -0.239. The number of aliphatic hydroxyl groups excluding tert-OH is 1. The van der Waals surface area contributed by atoms with E-state index in [9.17, 15) is 9.90 Å². The lowest BCUT2D eigenvalue weighted by atomic mass is 10.2. The van der Waals surface area contributed by atoms with Crippen LogP contribution >= 0.6 is 27.5 Å². The van der Waals surface area contributed by atoms with E-state index in [1.165, 1.54) is 12.0 Å². The predicted octanol–water partition coefficient (Wildman–Crippen LogP) is 2.18. The van der Waals surface area contributed by atoms with Crippen LogP contribution in [0.1, 0.15) is 10.4 Å². The van der Waals surface area contributed by atoms with Crippen molar-refractivity contribution in [2.45, 2.75) is 6.10 Å². The first-order valence-corrected chi connectivity index (χ1v) is 6.51. The largest absolute Gasteiger partial charge is 0.389 e. The quantitative estimate of drug-likeness (QED) is 0.896. The smallest absolute Gasteiger partial charge is 0.255 e. The molecule has 1 aromatic carbocycles. The van der Waals surface area contributed by atoms with Crippen LogP contribution in [-0.4, -0.2) is 49.3 Å². The molecule has 1 amide bonds. The molecule has 0 saturated carbocycles. The van der Waals surface area contributed by atoms with E-state index in [1.54, 1.807) is 25.2 Å². The molecule has 0 aliphatic heterocycles. The van der Waals surface area contributed by atoms with E-state index >= 15 is 0 Å². The van der Waals surface area contributed by atoms with Crippen LogP contribution in [0, 0.1) is 0 Å². The molecule has 0 unspecified atom stereocenters. The topological polar surface area (TPSA) is 49.8 Å². The third-order valence-corrected chi connectivity index (χ3v) is 3.67. The minimum atomic E-state index is -0.713. The van der Waals surface area contributed by atoms with Crippen LogP contribution < -0.4 is 0 Å². The van der Waals surface area contributed by atoms with Crippen LogP contribution in [0.2, 0.25) is 5.02 Å². The van der Waals surface area contributed by atoms with Gasteiger partial charge in [0, 0.05) is 25.2 Å². The van der Waals surface area contributed by atoms with Crippen molar-refractivity contribution in [3.05, 3.63) is 33.3 Å². The minimum Gasteiger partial charge on any atom is -0.389 e. The van der Waals surface area contributed by atoms with Gasteiger partial charge in [-0.15, -0.1) is 0 Å². The van der Waals surface area contributed by atoms with Crippen molar-refractivity contribution in [2.24, 2.45) is 0 Å². The van der Waals surface area contributed by atoms with E-state index in [-0.39, 0.29) is 19.1 Å². The van der Waals surface area contributed by atoms with E-state index in [4.69, 9.17) is 16.3 Å². The normalized spacial score (nSPS) is 12.3. The Hall–Kier alpha value is -0.620. The third-order valence-electron chi connectivity index (χ3n) is 2.37. The number of likely N-dealkylation sites (N-methyl/N-ethyl adjacent to an activating group) is 1. The van der Waals surface area contributed by atoms with Gasteiger partial charge in [0.05, 0.1) is 23.3 Å². The van der Waals surface area contributed by atoms with Crippen molar-refractivity contribution in [3.8, 4) is 0 Å². The van der Waals surface area contributed by atoms with Gasteiger partial charge in [0.2, 0.25) is 0 Å². The molecule has 1 aromatic rings. The zero-order chi connectivity index (χ0) is 13.7. The molecular weight excluding hydrogens is 321 g/mol. The molecule has 1 atom stereocenters. The molecule has 0 radical (unpaired) electrons. The average molecular weight is 337 g/mol. The molecule has 6 heteroatoms. The Balaban J connectivity index is 2.77. The second kappa shape index (κ2) is 7.09. The van der Waals surface area contributed by atoms with E-state index in [0.717, 1.165) is 0 Å². The number of rotatable bonds is 5. The Morgan fingerprint density at radius 2 is 2.28 bits per heavy atom. The Morgan fingerprint density at radius 1 is 1.61 bits per heavy atom. The molecule has 0 saturated heterocycles. The number of methoxy groups -OCH3 is 1. The number of amides is 1. The molecule has 0 bridgehead atoms. The second-order valence-corrected chi connectivity index (χ2v) is 5.13. The summed E-state index contributed by atoms with van der Waals surface area (Å²) in [6, 6.07) is 5.15. The predicted molar refractivity (Wildman–Crippen MR) is 74.0 cm³/mol. The Morgan fingerprint density at radius 3 is 2.89 bits per heavy atom. The molecule has 4 nitrogen and oxygen atoms in total. The number of carbonyl (C=O) groups is 1. The minimum absolute atomic E-state index is 0.184. The van der Waals surface area contributed by atoms with Crippen molar-refractivity contribution >= 4 is 33.4 Å². The van der Waals surface area contributed by atoms with E-state index in [0.29, 0.717) is 15.1 Å². The Labute approximate surface area is 120 Å². The summed E-state index contributed by atoms with van der Waals surface area (Å²) < 4.78 is 5.48. The van der Waals surface area contributed by atoms with Crippen LogP contribution in [0.3, 0.4) is 0 Å². The number of hydrogen-bond donors (Lipinski definition) is 1. The second-order valence-electron chi connectivity index (χ2n) is 3.90. The van der Waals surface area contributed by atoms with Gasteiger partial charge in [0.1, 0.15) is 0 Å². The lowest BCUT2D eigenvalue weighted by Gasteiger charge is -2.21. The summed E-state index contributed by atoms with van der Waals surface area (Å²) >= 11 is 9.32. The highest BCUT2D eigenvalue weighted by atomic mass is 79.9. The molecular formula is C12H15BrClNO3. The number of benzene rings is 1. The lowest BCUT2D eigenvalue weighted by molar-refractivity contribution is 0.0380. The molecule has 0 aliphatic carbocycles. The summed E-state index contributed by atoms with van der Waals surface area (Å²) in [6.07, 6.45) is -0.713. The maximum absolute atomic E-state index is 12.1. The van der Waals surface area contributed by atoms with Crippen LogP contribution in [0.15, 0.2) is 22.7 Å². The standard InChI is InChI=1S/C12H15BrClNO3/c1-15(6-8(16)7-18-2)12(17)9-4-3-5-10(13)11(9)14/h3-5,8,16H,6-7H2,1-2H3/t8-/m0/s1. The highest BCUT2D eigenvalue weighted by Gasteiger charge is 2.18. The van der Waals surface area contributed by atoms with Crippen molar-refractivity contribution in [3.63, 3.8) is 0 Å². The van der Waals surface area contributed by atoms with Gasteiger partial charge in [-0.05, 0) is 28.1 Å². The highest BCUT2D eigenvalue weighted by Crippen LogP contribution is 2.26. The zero-order valence-electron chi connectivity index (χ0n) is 10.2. The Bertz CT molecular complexity index is 428. The summed E-state index contributed by atoms with van der Waals surface area (Å²) in [7, 11) is 3.11. The van der Waals surface area contributed by atoms with Crippen molar-refractivity contribution in [2.75, 3.05) is 27.3 Å². The van der Waals surface area contributed by atoms with Crippen molar-refractivity contribution in [1.29, 1.82) is 0 Å². The number of nitrogens with zero attached hydrogens (tertiary/aromatic N) is 1. The molecule has 0 heterocycles. The first-order chi connectivity index (χ1) is 8.47. The third kappa shape index (κ3) is 3.95. The molecule has 100 valence electrons. The summed E-state index contributed by atoms with van der Waals surface area (Å²) in [6.45, 7) is 0.374. The van der Waals surface area contributed by atoms with E-state index < -0.39 is 6.10 Å². The van der Waals surface area contributed by atoms with Crippen molar-refractivity contribution in [1.82, 2.24) is 4.90 Å². The highest BCUT2D eigenvalue weighted by molar-refractivity contribution is 9.10. The zero-order valence-corrected chi connectivity index (χ0v) is 12.5. The lowest BCUT2D eigenvalue weighted by Crippen LogP contribution is -2.36. The molecule has 0 aromatic heterocycles. The summed E-state index contributed by atoms with van der Waals surface area (Å²) in [4.78, 5) is 13.5. The van der Waals surface area contributed by atoms with Crippen LogP contribution in [0.5, 0.6) is 0 Å². The number of hydrogen-bond acceptors (Lipinski definition) is 3. The molecule has 18 heavy (non-hydrogen) atoms. The van der Waals surface area contributed by atoms with Crippen LogP contribution in [0.4, 0.5) is 0 Å². The SMILES string of the molecule is COC[C@@H](O)CN(C)C(=O)c1cccc(Br)c1Cl. The fourth-order valence-corrected chi connectivity index (χ4v) is 2.09. The van der Waals surface area contributed by atoms with Gasteiger partial charge in [-0.25, -0.2) is 0 Å². The van der Waals surface area contributed by atoms with Gasteiger partial charge in [0.15, 0.2) is 0 Å². The number of halogens is 2. The van der Waals surface area contributed by atoms with E-state index in [1.807, 2.05) is 0 Å². The van der Waals surface area contributed by atoms with Gasteiger partial charge in [0.25, 0.3) is 5.91 Å². The van der Waals surface area contributed by atoms with Gasteiger partial charge >= 0.3 is 0 Å². The Kier molecular flexibility index (Phi) is 6.08. The van der Waals surface area contributed by atoms with Crippen molar-refractivity contribution < 1.29 is 14.6 Å². The fraction of sp³-hybridized carbons (Fsp3) is 0.417. The summed E-state index contributed by atoms with van der Waals surface area (Å²) in [5.41, 5.74) is 0.401. The molecule has 1 N–H and O–H groups in total. The van der Waals surface area contributed by atoms with Crippen LogP contribution in [-0.2, 0) is 4.74 Å². The molecule has 0 fully saturated rings. The van der Waals surface area contributed by atoms with Crippen LogP contribution in [0.25, 0.3) is 0 Å². The first-order valence-electron chi connectivity index (χ1n) is 5.33. The maximum Gasteiger partial charge on any atom is 0.255 e. The number of carbonyl (C=O) groups excluding carboxylic acids is 1. The monoisotopic (exact) mass is 335 g/mol. The molecule has 1 rings (SSSR count). The van der Waals surface area contributed by atoms with Gasteiger partial charge in [-0.2, -0.15) is 0 Å². The first kappa shape index (κ1) is 15.4. The maximum atomic E-state index is 12.1. The fourth-order valence-electron chi connectivity index (χ4n) is 1.52. The molecule has 0 aliphatic rings. The van der Waals surface area contributed by atoms with Gasteiger partial charge in [-0.3, -0.25) is 4.79 Å². The van der Waals surface area contributed by atoms with E-state index in [2.05, 4.69) is 15.9 Å². The summed E-state index contributed by atoms with van der Waals surface area (Å²) in [5, 5.41) is 9.95. The van der Waals surface area contributed by atoms with Gasteiger partial charge < -0.3 is 14.7 Å². The molecule has 0 spiro atoms.